The first-order valence-corrected chi connectivity index (χ1v) is 6.00. The molecule has 1 aromatic carbocycles. The fourth-order valence-electron chi connectivity index (χ4n) is 1.69. The van der Waals surface area contributed by atoms with Crippen LogP contribution in [-0.4, -0.2) is 29.5 Å². The third-order valence-corrected chi connectivity index (χ3v) is 3.07. The summed E-state index contributed by atoms with van der Waals surface area (Å²) in [6.45, 7) is 6.80. The Kier molecular flexibility index (Phi) is 4.55. The lowest BCUT2D eigenvalue weighted by atomic mass is 10.1. The van der Waals surface area contributed by atoms with Crippen molar-refractivity contribution in [2.45, 2.75) is 27.2 Å². The molecule has 0 saturated heterocycles. The number of phenolic OH excluding ortho intramolecular Hbond substituents is 1. The molecule has 0 aliphatic rings. The zero-order chi connectivity index (χ0) is 13.0. The van der Waals surface area contributed by atoms with Crippen molar-refractivity contribution in [2.24, 2.45) is 5.92 Å². The maximum atomic E-state index is 12.1. The van der Waals surface area contributed by atoms with E-state index in [9.17, 15) is 9.90 Å². The predicted octanol–water partition coefficient (Wildman–Crippen LogP) is 2.82. The maximum Gasteiger partial charge on any atom is 0.253 e. The van der Waals surface area contributed by atoms with Crippen molar-refractivity contribution in [3.8, 4) is 5.75 Å². The number of nitrogens with zero attached hydrogens (tertiary/aromatic N) is 1. The van der Waals surface area contributed by atoms with Gasteiger partial charge in [0.2, 0.25) is 0 Å². The summed E-state index contributed by atoms with van der Waals surface area (Å²) in [6, 6.07) is 4.96. The Labute approximate surface area is 103 Å². The Bertz CT molecular complexity index is 401. The van der Waals surface area contributed by atoms with Crippen LogP contribution in [0.1, 0.15) is 36.2 Å². The molecule has 0 aromatic heterocycles. The molecule has 3 nitrogen and oxygen atoms in total. The summed E-state index contributed by atoms with van der Waals surface area (Å²) < 4.78 is 0. The van der Waals surface area contributed by atoms with E-state index in [1.54, 1.807) is 30.0 Å². The van der Waals surface area contributed by atoms with Crippen LogP contribution in [0.15, 0.2) is 18.2 Å². The van der Waals surface area contributed by atoms with E-state index in [0.717, 1.165) is 18.5 Å². The Morgan fingerprint density at radius 1 is 1.47 bits per heavy atom. The summed E-state index contributed by atoms with van der Waals surface area (Å²) >= 11 is 0. The lowest BCUT2D eigenvalue weighted by molar-refractivity contribution is 0.0775. The van der Waals surface area contributed by atoms with Gasteiger partial charge in [-0.25, -0.2) is 0 Å². The van der Waals surface area contributed by atoms with Crippen molar-refractivity contribution in [3.63, 3.8) is 0 Å². The van der Waals surface area contributed by atoms with Crippen molar-refractivity contribution < 1.29 is 9.90 Å². The normalized spacial score (nSPS) is 12.2. The second-order valence-corrected chi connectivity index (χ2v) is 4.70. The number of hydrogen-bond acceptors (Lipinski definition) is 2. The first-order chi connectivity index (χ1) is 7.95. The molecule has 17 heavy (non-hydrogen) atoms. The van der Waals surface area contributed by atoms with E-state index in [2.05, 4.69) is 13.8 Å². The van der Waals surface area contributed by atoms with Gasteiger partial charge >= 0.3 is 0 Å². The Hall–Kier alpha value is -1.51. The van der Waals surface area contributed by atoms with E-state index < -0.39 is 0 Å². The maximum absolute atomic E-state index is 12.1. The van der Waals surface area contributed by atoms with Crippen LogP contribution in [0.2, 0.25) is 0 Å². The van der Waals surface area contributed by atoms with Gasteiger partial charge in [0.15, 0.2) is 0 Å². The molecular weight excluding hydrogens is 214 g/mol. The number of carbonyl (C=O) groups is 1. The number of aromatic hydroxyl groups is 1. The third-order valence-electron chi connectivity index (χ3n) is 3.07. The van der Waals surface area contributed by atoms with Gasteiger partial charge in [-0.2, -0.15) is 0 Å². The molecule has 1 rings (SSSR count). The van der Waals surface area contributed by atoms with Gasteiger partial charge in [-0.05, 0) is 36.6 Å². The lowest BCUT2D eigenvalue weighted by Gasteiger charge is -2.21. The average molecular weight is 235 g/mol. The van der Waals surface area contributed by atoms with Gasteiger partial charge in [0.25, 0.3) is 5.91 Å². The van der Waals surface area contributed by atoms with E-state index in [1.165, 1.54) is 0 Å². The number of amides is 1. The van der Waals surface area contributed by atoms with Crippen LogP contribution in [0.3, 0.4) is 0 Å². The SMILES string of the molecule is CCC(C)CN(C)C(=O)c1ccc(O)c(C)c1. The largest absolute Gasteiger partial charge is 0.508 e. The summed E-state index contributed by atoms with van der Waals surface area (Å²) in [5, 5.41) is 9.42. The number of carbonyl (C=O) groups excluding carboxylic acids is 1. The van der Waals surface area contributed by atoms with E-state index in [1.807, 2.05) is 7.05 Å². The van der Waals surface area contributed by atoms with E-state index in [4.69, 9.17) is 0 Å². The Morgan fingerprint density at radius 3 is 2.65 bits per heavy atom. The zero-order valence-corrected chi connectivity index (χ0v) is 11.0. The summed E-state index contributed by atoms with van der Waals surface area (Å²) in [5.74, 6) is 0.738. The number of rotatable bonds is 4. The molecule has 0 saturated carbocycles. The van der Waals surface area contributed by atoms with Crippen LogP contribution < -0.4 is 0 Å². The summed E-state index contributed by atoms with van der Waals surface area (Å²) in [5.41, 5.74) is 1.36. The molecule has 0 bridgehead atoms. The standard InChI is InChI=1S/C14H21NO2/c1-5-10(2)9-15(4)14(17)12-6-7-13(16)11(3)8-12/h6-8,10,16H,5,9H2,1-4H3. The average Bonchev–Trinajstić information content (AvgIpc) is 2.31. The molecular formula is C14H21NO2. The quantitative estimate of drug-likeness (QED) is 0.871. The first kappa shape index (κ1) is 13.6. The third kappa shape index (κ3) is 3.48. The summed E-state index contributed by atoms with van der Waals surface area (Å²) in [4.78, 5) is 13.8. The fourth-order valence-corrected chi connectivity index (χ4v) is 1.69. The van der Waals surface area contributed by atoms with Crippen LogP contribution in [0.25, 0.3) is 0 Å². The fraction of sp³-hybridized carbons (Fsp3) is 0.500. The van der Waals surface area contributed by atoms with Gasteiger partial charge in [-0.3, -0.25) is 4.79 Å². The highest BCUT2D eigenvalue weighted by molar-refractivity contribution is 5.94. The van der Waals surface area contributed by atoms with Crippen LogP contribution in [0.5, 0.6) is 5.75 Å². The van der Waals surface area contributed by atoms with Crippen molar-refractivity contribution in [3.05, 3.63) is 29.3 Å². The van der Waals surface area contributed by atoms with Crippen LogP contribution in [0, 0.1) is 12.8 Å². The van der Waals surface area contributed by atoms with Crippen LogP contribution in [-0.2, 0) is 0 Å². The predicted molar refractivity (Wildman–Crippen MR) is 69.3 cm³/mol. The van der Waals surface area contributed by atoms with E-state index in [0.29, 0.717) is 11.5 Å². The number of phenols is 1. The van der Waals surface area contributed by atoms with Crippen molar-refractivity contribution in [1.29, 1.82) is 0 Å². The van der Waals surface area contributed by atoms with Gasteiger partial charge in [-0.15, -0.1) is 0 Å². The number of benzene rings is 1. The molecule has 0 spiro atoms. The molecule has 0 fully saturated rings. The van der Waals surface area contributed by atoms with Gasteiger partial charge in [0.1, 0.15) is 5.75 Å². The smallest absolute Gasteiger partial charge is 0.253 e. The second kappa shape index (κ2) is 5.71. The van der Waals surface area contributed by atoms with Gasteiger partial charge < -0.3 is 10.0 Å². The first-order valence-electron chi connectivity index (χ1n) is 6.00. The molecule has 1 N–H and O–H groups in total. The highest BCUT2D eigenvalue weighted by Crippen LogP contribution is 2.18. The Morgan fingerprint density at radius 2 is 2.12 bits per heavy atom. The second-order valence-electron chi connectivity index (χ2n) is 4.70. The van der Waals surface area contributed by atoms with Crippen LogP contribution in [0.4, 0.5) is 0 Å². The molecule has 1 unspecified atom stereocenters. The molecule has 94 valence electrons. The minimum Gasteiger partial charge on any atom is -0.508 e. The van der Waals surface area contributed by atoms with Crippen molar-refractivity contribution in [2.75, 3.05) is 13.6 Å². The minimum atomic E-state index is 0.00778. The topological polar surface area (TPSA) is 40.5 Å². The van der Waals surface area contributed by atoms with Crippen LogP contribution >= 0.6 is 0 Å². The van der Waals surface area contributed by atoms with Gasteiger partial charge in [-0.1, -0.05) is 20.3 Å². The molecule has 0 radical (unpaired) electrons. The molecule has 1 aromatic rings. The minimum absolute atomic E-state index is 0.00778. The van der Waals surface area contributed by atoms with Crippen molar-refractivity contribution in [1.82, 2.24) is 4.90 Å². The molecule has 0 aliphatic heterocycles. The molecule has 0 heterocycles. The lowest BCUT2D eigenvalue weighted by Crippen LogP contribution is -2.30. The molecule has 3 heteroatoms. The molecule has 1 atom stereocenters. The molecule has 0 aliphatic carbocycles. The highest BCUT2D eigenvalue weighted by atomic mass is 16.3. The van der Waals surface area contributed by atoms with Gasteiger partial charge in [0, 0.05) is 19.2 Å². The van der Waals surface area contributed by atoms with Crippen molar-refractivity contribution >= 4 is 5.91 Å². The monoisotopic (exact) mass is 235 g/mol. The number of aryl methyl sites for hydroxylation is 1. The van der Waals surface area contributed by atoms with E-state index >= 15 is 0 Å². The summed E-state index contributed by atoms with van der Waals surface area (Å²) in [6.07, 6.45) is 1.06. The Balaban J connectivity index is 2.78. The zero-order valence-electron chi connectivity index (χ0n) is 11.0. The van der Waals surface area contributed by atoms with E-state index in [-0.39, 0.29) is 11.7 Å². The number of hydrogen-bond donors (Lipinski definition) is 1. The summed E-state index contributed by atoms with van der Waals surface area (Å²) in [7, 11) is 1.82. The van der Waals surface area contributed by atoms with Gasteiger partial charge in [0.05, 0.1) is 0 Å². The highest BCUT2D eigenvalue weighted by Gasteiger charge is 2.14. The molecule has 1 amide bonds.